The molecule has 0 amide bonds. The number of para-hydroxylation sites is 1. The highest BCUT2D eigenvalue weighted by Crippen LogP contribution is 2.32. The number of halogens is 1. The zero-order chi connectivity index (χ0) is 9.26. The summed E-state index contributed by atoms with van der Waals surface area (Å²) in [4.78, 5) is 0. The molecular formula is C10H14ClNO2. The Hall–Kier alpha value is -0.770. The molecule has 0 saturated carbocycles. The number of ether oxygens (including phenoxy) is 2. The van der Waals surface area contributed by atoms with Gasteiger partial charge in [-0.25, -0.2) is 0 Å². The number of benzene rings is 1. The van der Waals surface area contributed by atoms with E-state index in [2.05, 4.69) is 0 Å². The number of methoxy groups -OCH3 is 1. The zero-order valence-electron chi connectivity index (χ0n) is 7.97. The van der Waals surface area contributed by atoms with E-state index in [-0.39, 0.29) is 24.6 Å². The van der Waals surface area contributed by atoms with Crippen LogP contribution in [0.4, 0.5) is 0 Å². The molecule has 0 bridgehead atoms. The van der Waals surface area contributed by atoms with Gasteiger partial charge in [0.05, 0.1) is 6.04 Å². The van der Waals surface area contributed by atoms with Crippen molar-refractivity contribution in [3.05, 3.63) is 29.8 Å². The molecule has 1 aliphatic heterocycles. The van der Waals surface area contributed by atoms with Gasteiger partial charge in [-0.1, -0.05) is 18.2 Å². The summed E-state index contributed by atoms with van der Waals surface area (Å²) in [6, 6.07) is 7.77. The van der Waals surface area contributed by atoms with Crippen molar-refractivity contribution >= 4 is 12.4 Å². The molecule has 2 rings (SSSR count). The highest BCUT2D eigenvalue weighted by Gasteiger charge is 2.27. The first-order valence-corrected chi connectivity index (χ1v) is 4.33. The van der Waals surface area contributed by atoms with Gasteiger partial charge in [0, 0.05) is 12.7 Å². The van der Waals surface area contributed by atoms with Crippen LogP contribution in [0.5, 0.6) is 5.75 Å². The van der Waals surface area contributed by atoms with Crippen molar-refractivity contribution in [1.29, 1.82) is 0 Å². The van der Waals surface area contributed by atoms with E-state index >= 15 is 0 Å². The number of rotatable bonds is 1. The summed E-state index contributed by atoms with van der Waals surface area (Å²) in [6.45, 7) is 0.523. The Morgan fingerprint density at radius 1 is 1.43 bits per heavy atom. The van der Waals surface area contributed by atoms with Gasteiger partial charge in [-0.15, -0.1) is 12.4 Å². The minimum atomic E-state index is -0.0695. The van der Waals surface area contributed by atoms with Crippen LogP contribution in [0.25, 0.3) is 0 Å². The van der Waals surface area contributed by atoms with Gasteiger partial charge in [0.1, 0.15) is 18.5 Å². The van der Waals surface area contributed by atoms with Crippen LogP contribution < -0.4 is 10.5 Å². The third-order valence-electron chi connectivity index (χ3n) is 2.30. The largest absolute Gasteiger partial charge is 0.491 e. The van der Waals surface area contributed by atoms with Crippen molar-refractivity contribution in [2.45, 2.75) is 12.1 Å². The Morgan fingerprint density at radius 2 is 2.14 bits per heavy atom. The second-order valence-electron chi connectivity index (χ2n) is 3.17. The summed E-state index contributed by atoms with van der Waals surface area (Å²) >= 11 is 0. The molecule has 0 saturated heterocycles. The molecule has 4 heteroatoms. The Balaban J connectivity index is 0.000000980. The average molecular weight is 216 g/mol. The summed E-state index contributed by atoms with van der Waals surface area (Å²) in [5.74, 6) is 0.885. The van der Waals surface area contributed by atoms with Crippen LogP contribution in [0.2, 0.25) is 0 Å². The van der Waals surface area contributed by atoms with Crippen molar-refractivity contribution in [2.24, 2.45) is 5.73 Å². The minimum absolute atomic E-state index is 0. The molecule has 1 aliphatic rings. The van der Waals surface area contributed by atoms with E-state index in [0.29, 0.717) is 6.61 Å². The fraction of sp³-hybridized carbons (Fsp3) is 0.400. The van der Waals surface area contributed by atoms with Gasteiger partial charge in [-0.05, 0) is 6.07 Å². The molecule has 2 unspecified atom stereocenters. The van der Waals surface area contributed by atoms with Crippen molar-refractivity contribution in [3.8, 4) is 5.75 Å². The summed E-state index contributed by atoms with van der Waals surface area (Å²) in [5, 5.41) is 0. The molecule has 1 heterocycles. The molecule has 78 valence electrons. The standard InChI is InChI=1S/C10H13NO2.ClH/c1-12-10-7-4-2-3-5-9(7)13-6-8(10)11;/h2-5,8,10H,6,11H2,1H3;1H. The summed E-state index contributed by atoms with van der Waals surface area (Å²) < 4.78 is 10.8. The van der Waals surface area contributed by atoms with E-state index in [1.54, 1.807) is 7.11 Å². The Kier molecular flexibility index (Phi) is 3.75. The van der Waals surface area contributed by atoms with Crippen molar-refractivity contribution in [1.82, 2.24) is 0 Å². The van der Waals surface area contributed by atoms with Crippen LogP contribution in [0.1, 0.15) is 11.7 Å². The van der Waals surface area contributed by atoms with Gasteiger partial charge in [0.25, 0.3) is 0 Å². The summed E-state index contributed by atoms with van der Waals surface area (Å²) in [6.07, 6.45) is -0.0371. The van der Waals surface area contributed by atoms with Gasteiger partial charge in [0.2, 0.25) is 0 Å². The molecule has 14 heavy (non-hydrogen) atoms. The van der Waals surface area contributed by atoms with Crippen LogP contribution in [0.15, 0.2) is 24.3 Å². The van der Waals surface area contributed by atoms with Gasteiger partial charge in [0.15, 0.2) is 0 Å². The van der Waals surface area contributed by atoms with Crippen LogP contribution in [-0.2, 0) is 4.74 Å². The van der Waals surface area contributed by atoms with E-state index < -0.39 is 0 Å². The first-order valence-electron chi connectivity index (χ1n) is 4.33. The maximum Gasteiger partial charge on any atom is 0.125 e. The fourth-order valence-corrected chi connectivity index (χ4v) is 1.65. The lowest BCUT2D eigenvalue weighted by molar-refractivity contribution is 0.0454. The molecular weight excluding hydrogens is 202 g/mol. The van der Waals surface area contributed by atoms with Crippen LogP contribution in [0, 0.1) is 0 Å². The van der Waals surface area contributed by atoms with E-state index in [4.69, 9.17) is 15.2 Å². The number of fused-ring (bicyclic) bond motifs is 1. The number of nitrogens with two attached hydrogens (primary N) is 1. The van der Waals surface area contributed by atoms with Gasteiger partial charge in [-0.3, -0.25) is 0 Å². The minimum Gasteiger partial charge on any atom is -0.491 e. The smallest absolute Gasteiger partial charge is 0.125 e. The monoisotopic (exact) mass is 215 g/mol. The Labute approximate surface area is 89.6 Å². The van der Waals surface area contributed by atoms with Crippen molar-refractivity contribution in [2.75, 3.05) is 13.7 Å². The lowest BCUT2D eigenvalue weighted by Gasteiger charge is -2.29. The predicted octanol–water partition coefficient (Wildman–Crippen LogP) is 1.52. The first-order chi connectivity index (χ1) is 6.33. The molecule has 3 nitrogen and oxygen atoms in total. The maximum atomic E-state index is 5.85. The highest BCUT2D eigenvalue weighted by molar-refractivity contribution is 5.85. The molecule has 0 aromatic heterocycles. The van der Waals surface area contributed by atoms with E-state index in [1.165, 1.54) is 0 Å². The molecule has 0 aliphatic carbocycles. The molecule has 2 N–H and O–H groups in total. The number of hydrogen-bond donors (Lipinski definition) is 1. The average Bonchev–Trinajstić information content (AvgIpc) is 2.18. The Morgan fingerprint density at radius 3 is 2.86 bits per heavy atom. The summed E-state index contributed by atoms with van der Waals surface area (Å²) in [7, 11) is 1.67. The SMILES string of the molecule is COC1c2ccccc2OCC1N.Cl. The van der Waals surface area contributed by atoms with Crippen LogP contribution in [0.3, 0.4) is 0 Å². The molecule has 0 radical (unpaired) electrons. The fourth-order valence-electron chi connectivity index (χ4n) is 1.65. The lowest BCUT2D eigenvalue weighted by atomic mass is 10.00. The maximum absolute atomic E-state index is 5.85. The first kappa shape index (κ1) is 11.3. The van der Waals surface area contributed by atoms with Crippen LogP contribution >= 0.6 is 12.4 Å². The van der Waals surface area contributed by atoms with Gasteiger partial charge in [-0.2, -0.15) is 0 Å². The molecule has 0 fully saturated rings. The Bertz CT molecular complexity index is 306. The predicted molar refractivity (Wildman–Crippen MR) is 56.9 cm³/mol. The summed E-state index contributed by atoms with van der Waals surface area (Å²) in [5.41, 5.74) is 6.90. The third-order valence-corrected chi connectivity index (χ3v) is 2.30. The van der Waals surface area contributed by atoms with Gasteiger partial charge < -0.3 is 15.2 Å². The number of hydrogen-bond acceptors (Lipinski definition) is 3. The molecule has 1 aromatic rings. The van der Waals surface area contributed by atoms with E-state index in [0.717, 1.165) is 11.3 Å². The normalized spacial score (nSPS) is 24.4. The second kappa shape index (κ2) is 4.64. The van der Waals surface area contributed by atoms with E-state index in [1.807, 2.05) is 24.3 Å². The van der Waals surface area contributed by atoms with Crippen LogP contribution in [-0.4, -0.2) is 19.8 Å². The van der Waals surface area contributed by atoms with Gasteiger partial charge >= 0.3 is 0 Å². The highest BCUT2D eigenvalue weighted by atomic mass is 35.5. The zero-order valence-corrected chi connectivity index (χ0v) is 8.79. The second-order valence-corrected chi connectivity index (χ2v) is 3.17. The van der Waals surface area contributed by atoms with Crippen molar-refractivity contribution < 1.29 is 9.47 Å². The van der Waals surface area contributed by atoms with Crippen molar-refractivity contribution in [3.63, 3.8) is 0 Å². The van der Waals surface area contributed by atoms with E-state index in [9.17, 15) is 0 Å². The third kappa shape index (κ3) is 1.85. The molecule has 2 atom stereocenters. The topological polar surface area (TPSA) is 44.5 Å². The lowest BCUT2D eigenvalue weighted by Crippen LogP contribution is -2.38. The quantitative estimate of drug-likeness (QED) is 0.773. The molecule has 1 aromatic carbocycles. The molecule has 0 spiro atoms.